The summed E-state index contributed by atoms with van der Waals surface area (Å²) in [6.07, 6.45) is 2.18. The fourth-order valence-electron chi connectivity index (χ4n) is 1.93. The van der Waals surface area contributed by atoms with E-state index in [4.69, 9.17) is 23.2 Å². The van der Waals surface area contributed by atoms with Crippen LogP contribution in [-0.4, -0.2) is 28.4 Å². The summed E-state index contributed by atoms with van der Waals surface area (Å²) in [6, 6.07) is 3.53. The van der Waals surface area contributed by atoms with Crippen LogP contribution < -0.4 is 0 Å². The minimum atomic E-state index is -0.00241. The highest BCUT2D eigenvalue weighted by molar-refractivity contribution is 6.33. The van der Waals surface area contributed by atoms with Gasteiger partial charge in [-0.3, -0.25) is 4.79 Å². The quantitative estimate of drug-likeness (QED) is 0.792. The van der Waals surface area contributed by atoms with Crippen molar-refractivity contribution in [2.45, 2.75) is 32.7 Å². The van der Waals surface area contributed by atoms with Crippen LogP contribution in [-0.2, 0) is 0 Å². The topological polar surface area (TPSA) is 33.2 Å². The SMILES string of the molecule is CC(C)CN(C(=O)c1cc(Cl)nc(Cl)c1)C1CC1. The van der Waals surface area contributed by atoms with Crippen molar-refractivity contribution in [2.24, 2.45) is 5.92 Å². The maximum absolute atomic E-state index is 12.4. The first-order valence-corrected chi connectivity index (χ1v) is 6.87. The molecule has 0 unspecified atom stereocenters. The molecule has 18 heavy (non-hydrogen) atoms. The molecular weight excluding hydrogens is 271 g/mol. The number of nitrogens with zero attached hydrogens (tertiary/aromatic N) is 2. The predicted molar refractivity (Wildman–Crippen MR) is 73.2 cm³/mol. The molecule has 0 spiro atoms. The van der Waals surface area contributed by atoms with E-state index in [9.17, 15) is 4.79 Å². The summed E-state index contributed by atoms with van der Waals surface area (Å²) in [5.41, 5.74) is 0.521. The van der Waals surface area contributed by atoms with Crippen LogP contribution in [0.4, 0.5) is 0 Å². The second-order valence-electron chi connectivity index (χ2n) is 5.08. The average Bonchev–Trinajstić information content (AvgIpc) is 3.07. The van der Waals surface area contributed by atoms with E-state index in [2.05, 4.69) is 18.8 Å². The molecule has 0 aromatic carbocycles. The number of pyridine rings is 1. The van der Waals surface area contributed by atoms with Crippen molar-refractivity contribution in [3.8, 4) is 0 Å². The van der Waals surface area contributed by atoms with Crippen LogP contribution in [0.1, 0.15) is 37.0 Å². The summed E-state index contributed by atoms with van der Waals surface area (Å²) in [7, 11) is 0. The number of hydrogen-bond acceptors (Lipinski definition) is 2. The Balaban J connectivity index is 2.21. The molecule has 0 saturated heterocycles. The first-order valence-electron chi connectivity index (χ1n) is 6.11. The highest BCUT2D eigenvalue weighted by Crippen LogP contribution is 2.29. The molecule has 98 valence electrons. The molecule has 1 fully saturated rings. The molecule has 0 atom stereocenters. The van der Waals surface area contributed by atoms with Gasteiger partial charge in [0.2, 0.25) is 0 Å². The van der Waals surface area contributed by atoms with Crippen LogP contribution in [0.2, 0.25) is 10.3 Å². The van der Waals surface area contributed by atoms with E-state index in [-0.39, 0.29) is 16.2 Å². The Morgan fingerprint density at radius 1 is 1.39 bits per heavy atom. The summed E-state index contributed by atoms with van der Waals surface area (Å²) in [4.78, 5) is 18.2. The third-order valence-electron chi connectivity index (χ3n) is 2.82. The van der Waals surface area contributed by atoms with E-state index in [1.165, 1.54) is 0 Å². The van der Waals surface area contributed by atoms with Gasteiger partial charge in [0.15, 0.2) is 0 Å². The van der Waals surface area contributed by atoms with Gasteiger partial charge in [0.05, 0.1) is 0 Å². The standard InChI is InChI=1S/C13H16Cl2N2O/c1-8(2)7-17(10-3-4-10)13(18)9-5-11(14)16-12(15)6-9/h5-6,8,10H,3-4,7H2,1-2H3. The minimum Gasteiger partial charge on any atom is -0.335 e. The van der Waals surface area contributed by atoms with Crippen LogP contribution in [0.5, 0.6) is 0 Å². The molecule has 1 aliphatic rings. The van der Waals surface area contributed by atoms with E-state index in [0.29, 0.717) is 17.5 Å². The average molecular weight is 287 g/mol. The third kappa shape index (κ3) is 3.36. The molecule has 0 N–H and O–H groups in total. The Kier molecular flexibility index (Phi) is 4.13. The van der Waals surface area contributed by atoms with Gasteiger partial charge in [0, 0.05) is 18.2 Å². The lowest BCUT2D eigenvalue weighted by molar-refractivity contribution is 0.0722. The monoisotopic (exact) mass is 286 g/mol. The minimum absolute atomic E-state index is 0.00241. The number of amides is 1. The van der Waals surface area contributed by atoms with Gasteiger partial charge in [0.1, 0.15) is 10.3 Å². The molecule has 0 bridgehead atoms. The highest BCUT2D eigenvalue weighted by atomic mass is 35.5. The first kappa shape index (κ1) is 13.6. The highest BCUT2D eigenvalue weighted by Gasteiger charge is 2.33. The largest absolute Gasteiger partial charge is 0.335 e. The van der Waals surface area contributed by atoms with Gasteiger partial charge < -0.3 is 4.90 Å². The number of rotatable bonds is 4. The van der Waals surface area contributed by atoms with Crippen molar-refractivity contribution in [1.82, 2.24) is 9.88 Å². The van der Waals surface area contributed by atoms with Crippen LogP contribution in [0, 0.1) is 5.92 Å². The molecule has 1 aromatic heterocycles. The lowest BCUT2D eigenvalue weighted by Crippen LogP contribution is -2.36. The summed E-state index contributed by atoms with van der Waals surface area (Å²) in [5.74, 6) is 0.444. The van der Waals surface area contributed by atoms with E-state index in [0.717, 1.165) is 19.4 Å². The molecule has 1 saturated carbocycles. The van der Waals surface area contributed by atoms with Gasteiger partial charge in [-0.1, -0.05) is 37.0 Å². The van der Waals surface area contributed by atoms with Crippen LogP contribution >= 0.6 is 23.2 Å². The Labute approximate surface area is 117 Å². The molecule has 1 aromatic rings. The molecule has 0 aliphatic heterocycles. The zero-order valence-corrected chi connectivity index (χ0v) is 12.0. The number of hydrogen-bond donors (Lipinski definition) is 0. The Morgan fingerprint density at radius 2 is 1.94 bits per heavy atom. The summed E-state index contributed by atoms with van der Waals surface area (Å²) in [6.45, 7) is 4.98. The van der Waals surface area contributed by atoms with E-state index in [1.807, 2.05) is 4.90 Å². The van der Waals surface area contributed by atoms with E-state index >= 15 is 0 Å². The molecule has 5 heteroatoms. The number of carbonyl (C=O) groups is 1. The Bertz CT molecular complexity index is 438. The Hall–Kier alpha value is -0.800. The van der Waals surface area contributed by atoms with Crippen molar-refractivity contribution in [3.63, 3.8) is 0 Å². The van der Waals surface area contributed by atoms with Crippen molar-refractivity contribution >= 4 is 29.1 Å². The van der Waals surface area contributed by atoms with Crippen LogP contribution in [0.3, 0.4) is 0 Å². The second-order valence-corrected chi connectivity index (χ2v) is 5.86. The maximum atomic E-state index is 12.4. The molecule has 1 heterocycles. The zero-order chi connectivity index (χ0) is 13.3. The molecule has 0 radical (unpaired) electrons. The fourth-order valence-corrected chi connectivity index (χ4v) is 2.39. The van der Waals surface area contributed by atoms with Gasteiger partial charge in [-0.25, -0.2) is 4.98 Å². The van der Waals surface area contributed by atoms with Crippen molar-refractivity contribution in [2.75, 3.05) is 6.54 Å². The fraction of sp³-hybridized carbons (Fsp3) is 0.538. The molecule has 3 nitrogen and oxygen atoms in total. The normalized spacial score (nSPS) is 14.9. The van der Waals surface area contributed by atoms with Gasteiger partial charge in [-0.15, -0.1) is 0 Å². The van der Waals surface area contributed by atoms with Gasteiger partial charge in [-0.05, 0) is 30.9 Å². The summed E-state index contributed by atoms with van der Waals surface area (Å²) < 4.78 is 0. The van der Waals surface area contributed by atoms with Crippen molar-refractivity contribution in [3.05, 3.63) is 28.0 Å². The smallest absolute Gasteiger partial charge is 0.254 e. The molecular formula is C13H16Cl2N2O. The summed E-state index contributed by atoms with van der Waals surface area (Å²) >= 11 is 11.7. The molecule has 1 aliphatic carbocycles. The lowest BCUT2D eigenvalue weighted by atomic mass is 10.1. The predicted octanol–water partition coefficient (Wildman–Crippen LogP) is 3.65. The van der Waals surface area contributed by atoms with Crippen molar-refractivity contribution < 1.29 is 4.79 Å². The molecule has 1 amide bonds. The lowest BCUT2D eigenvalue weighted by Gasteiger charge is -2.24. The number of halogens is 2. The zero-order valence-electron chi connectivity index (χ0n) is 10.5. The summed E-state index contributed by atoms with van der Waals surface area (Å²) in [5, 5.41) is 0.511. The maximum Gasteiger partial charge on any atom is 0.254 e. The van der Waals surface area contributed by atoms with Crippen molar-refractivity contribution in [1.29, 1.82) is 0 Å². The van der Waals surface area contributed by atoms with Gasteiger partial charge in [-0.2, -0.15) is 0 Å². The van der Waals surface area contributed by atoms with E-state index in [1.54, 1.807) is 12.1 Å². The third-order valence-corrected chi connectivity index (χ3v) is 3.21. The number of aromatic nitrogens is 1. The van der Waals surface area contributed by atoms with E-state index < -0.39 is 0 Å². The number of carbonyl (C=O) groups excluding carboxylic acids is 1. The van der Waals surface area contributed by atoms with Gasteiger partial charge in [0.25, 0.3) is 5.91 Å². The Morgan fingerprint density at radius 3 is 2.39 bits per heavy atom. The van der Waals surface area contributed by atoms with Gasteiger partial charge >= 0.3 is 0 Å². The van der Waals surface area contributed by atoms with Crippen LogP contribution in [0.25, 0.3) is 0 Å². The first-order chi connectivity index (χ1) is 8.47. The van der Waals surface area contributed by atoms with Crippen LogP contribution in [0.15, 0.2) is 12.1 Å². The molecule has 2 rings (SSSR count). The second kappa shape index (κ2) is 5.45.